The molecule has 0 aliphatic carbocycles. The lowest BCUT2D eigenvalue weighted by Crippen LogP contribution is -2.02. The summed E-state index contributed by atoms with van der Waals surface area (Å²) in [6.45, 7) is 0.989. The topological polar surface area (TPSA) is 24.9 Å². The van der Waals surface area contributed by atoms with Gasteiger partial charge in [-0.25, -0.2) is 4.98 Å². The highest BCUT2D eigenvalue weighted by Crippen LogP contribution is 2.09. The van der Waals surface area contributed by atoms with Crippen molar-refractivity contribution in [2.45, 2.75) is 19.3 Å². The standard InChI is InChI=1S/C11H17ClN2S/c1-15-8-4-2-3-7-13-11-6-5-10(12)9-14-11/h5-6,9H,2-4,7-8H2,1H3,(H,13,14). The van der Waals surface area contributed by atoms with Crippen molar-refractivity contribution in [2.75, 3.05) is 23.9 Å². The van der Waals surface area contributed by atoms with Crippen LogP contribution in [0.2, 0.25) is 5.02 Å². The van der Waals surface area contributed by atoms with Gasteiger partial charge in [0, 0.05) is 12.7 Å². The van der Waals surface area contributed by atoms with Crippen LogP contribution in [0.4, 0.5) is 5.82 Å². The Morgan fingerprint density at radius 1 is 1.33 bits per heavy atom. The zero-order valence-corrected chi connectivity index (χ0v) is 10.6. The Morgan fingerprint density at radius 3 is 2.87 bits per heavy atom. The van der Waals surface area contributed by atoms with Gasteiger partial charge in [-0.15, -0.1) is 0 Å². The number of nitrogens with zero attached hydrogens (tertiary/aromatic N) is 1. The number of thioether (sulfide) groups is 1. The van der Waals surface area contributed by atoms with Gasteiger partial charge >= 0.3 is 0 Å². The van der Waals surface area contributed by atoms with E-state index in [1.807, 2.05) is 23.9 Å². The molecule has 0 aromatic carbocycles. The van der Waals surface area contributed by atoms with E-state index in [0.29, 0.717) is 5.02 Å². The van der Waals surface area contributed by atoms with Gasteiger partial charge in [-0.1, -0.05) is 18.0 Å². The lowest BCUT2D eigenvalue weighted by Gasteiger charge is -2.04. The normalized spacial score (nSPS) is 10.3. The Bertz CT molecular complexity index is 264. The van der Waals surface area contributed by atoms with Gasteiger partial charge in [0.25, 0.3) is 0 Å². The van der Waals surface area contributed by atoms with Crippen LogP contribution in [0.3, 0.4) is 0 Å². The summed E-state index contributed by atoms with van der Waals surface area (Å²) >= 11 is 7.65. The molecule has 1 rings (SSSR count). The third kappa shape index (κ3) is 5.90. The molecule has 0 aliphatic rings. The first-order chi connectivity index (χ1) is 7.33. The molecule has 1 N–H and O–H groups in total. The first-order valence-corrected chi connectivity index (χ1v) is 6.94. The minimum atomic E-state index is 0.681. The second-order valence-corrected chi connectivity index (χ2v) is 4.76. The molecule has 4 heteroatoms. The fourth-order valence-electron chi connectivity index (χ4n) is 1.25. The molecule has 0 unspecified atom stereocenters. The van der Waals surface area contributed by atoms with Gasteiger partial charge in [0.1, 0.15) is 5.82 Å². The third-order valence-electron chi connectivity index (χ3n) is 2.06. The van der Waals surface area contributed by atoms with Gasteiger partial charge in [-0.2, -0.15) is 11.8 Å². The van der Waals surface area contributed by atoms with Crippen LogP contribution in [0, 0.1) is 0 Å². The predicted octanol–water partition coefficient (Wildman–Crippen LogP) is 3.68. The number of hydrogen-bond donors (Lipinski definition) is 1. The molecular weight excluding hydrogens is 228 g/mol. The minimum absolute atomic E-state index is 0.681. The highest BCUT2D eigenvalue weighted by Gasteiger charge is 1.93. The summed E-state index contributed by atoms with van der Waals surface area (Å²) in [6, 6.07) is 3.76. The van der Waals surface area contributed by atoms with Crippen molar-refractivity contribution < 1.29 is 0 Å². The lowest BCUT2D eigenvalue weighted by atomic mass is 10.2. The Labute approximate surface area is 101 Å². The molecule has 1 heterocycles. The van der Waals surface area contributed by atoms with E-state index in [1.54, 1.807) is 6.20 Å². The lowest BCUT2D eigenvalue weighted by molar-refractivity contribution is 0.748. The van der Waals surface area contributed by atoms with Gasteiger partial charge in [0.05, 0.1) is 5.02 Å². The maximum Gasteiger partial charge on any atom is 0.125 e. The van der Waals surface area contributed by atoms with Crippen LogP contribution < -0.4 is 5.32 Å². The summed E-state index contributed by atoms with van der Waals surface area (Å²) in [7, 11) is 0. The van der Waals surface area contributed by atoms with Gasteiger partial charge in [0.15, 0.2) is 0 Å². The van der Waals surface area contributed by atoms with E-state index in [0.717, 1.165) is 12.4 Å². The monoisotopic (exact) mass is 244 g/mol. The number of unbranched alkanes of at least 4 members (excludes halogenated alkanes) is 2. The average molecular weight is 245 g/mol. The quantitative estimate of drug-likeness (QED) is 0.741. The fourth-order valence-corrected chi connectivity index (χ4v) is 1.85. The SMILES string of the molecule is CSCCCCCNc1ccc(Cl)cn1. The molecule has 84 valence electrons. The fraction of sp³-hybridized carbons (Fsp3) is 0.545. The molecule has 15 heavy (non-hydrogen) atoms. The maximum absolute atomic E-state index is 5.74. The number of halogens is 1. The largest absolute Gasteiger partial charge is 0.370 e. The van der Waals surface area contributed by atoms with E-state index in [1.165, 1.54) is 25.0 Å². The highest BCUT2D eigenvalue weighted by molar-refractivity contribution is 7.98. The Kier molecular flexibility index (Phi) is 6.60. The summed E-state index contributed by atoms with van der Waals surface area (Å²) in [6.07, 6.45) is 7.59. The van der Waals surface area contributed by atoms with Gasteiger partial charge < -0.3 is 5.32 Å². The van der Waals surface area contributed by atoms with E-state index in [9.17, 15) is 0 Å². The van der Waals surface area contributed by atoms with Gasteiger partial charge in [-0.05, 0) is 37.0 Å². The zero-order chi connectivity index (χ0) is 10.9. The summed E-state index contributed by atoms with van der Waals surface area (Å²) in [5.41, 5.74) is 0. The molecule has 0 saturated heterocycles. The summed E-state index contributed by atoms with van der Waals surface area (Å²) in [4.78, 5) is 4.17. The third-order valence-corrected chi connectivity index (χ3v) is 2.98. The molecule has 0 atom stereocenters. The molecule has 0 fully saturated rings. The smallest absolute Gasteiger partial charge is 0.125 e. The molecule has 0 bridgehead atoms. The van der Waals surface area contributed by atoms with E-state index in [2.05, 4.69) is 16.6 Å². The van der Waals surface area contributed by atoms with Crippen molar-refractivity contribution >= 4 is 29.2 Å². The van der Waals surface area contributed by atoms with Crippen LogP contribution in [-0.4, -0.2) is 23.5 Å². The zero-order valence-electron chi connectivity index (χ0n) is 9.00. The molecule has 1 aromatic rings. The second-order valence-electron chi connectivity index (χ2n) is 3.34. The van der Waals surface area contributed by atoms with E-state index < -0.39 is 0 Å². The van der Waals surface area contributed by atoms with Gasteiger partial charge in [0.2, 0.25) is 0 Å². The minimum Gasteiger partial charge on any atom is -0.370 e. The Hall–Kier alpha value is -0.410. The first kappa shape index (κ1) is 12.7. The van der Waals surface area contributed by atoms with Crippen molar-refractivity contribution in [3.05, 3.63) is 23.4 Å². The van der Waals surface area contributed by atoms with E-state index >= 15 is 0 Å². The number of nitrogens with one attached hydrogen (secondary N) is 1. The molecule has 2 nitrogen and oxygen atoms in total. The summed E-state index contributed by atoms with van der Waals surface area (Å²) in [5, 5.41) is 3.95. The van der Waals surface area contributed by atoms with Crippen LogP contribution in [-0.2, 0) is 0 Å². The average Bonchev–Trinajstić information content (AvgIpc) is 2.26. The number of hydrogen-bond acceptors (Lipinski definition) is 3. The molecule has 1 aromatic heterocycles. The van der Waals surface area contributed by atoms with Crippen molar-refractivity contribution in [3.8, 4) is 0 Å². The van der Waals surface area contributed by atoms with Crippen LogP contribution in [0.15, 0.2) is 18.3 Å². The highest BCUT2D eigenvalue weighted by atomic mass is 35.5. The van der Waals surface area contributed by atoms with Crippen LogP contribution in [0.25, 0.3) is 0 Å². The molecule has 0 radical (unpaired) electrons. The summed E-state index contributed by atoms with van der Waals surface area (Å²) < 4.78 is 0. The number of aromatic nitrogens is 1. The second kappa shape index (κ2) is 7.83. The molecule has 0 amide bonds. The Morgan fingerprint density at radius 2 is 2.20 bits per heavy atom. The molecular formula is C11H17ClN2S. The Balaban J connectivity index is 2.07. The number of pyridine rings is 1. The molecule has 0 saturated carbocycles. The number of anilines is 1. The van der Waals surface area contributed by atoms with Crippen molar-refractivity contribution in [1.82, 2.24) is 4.98 Å². The first-order valence-electron chi connectivity index (χ1n) is 5.17. The maximum atomic E-state index is 5.74. The molecule has 0 spiro atoms. The van der Waals surface area contributed by atoms with Crippen LogP contribution in [0.1, 0.15) is 19.3 Å². The predicted molar refractivity (Wildman–Crippen MR) is 70.0 cm³/mol. The van der Waals surface area contributed by atoms with Crippen molar-refractivity contribution in [2.24, 2.45) is 0 Å². The van der Waals surface area contributed by atoms with Crippen LogP contribution in [0.5, 0.6) is 0 Å². The van der Waals surface area contributed by atoms with Crippen molar-refractivity contribution in [1.29, 1.82) is 0 Å². The summed E-state index contributed by atoms with van der Waals surface area (Å²) in [5.74, 6) is 2.17. The van der Waals surface area contributed by atoms with E-state index in [-0.39, 0.29) is 0 Å². The van der Waals surface area contributed by atoms with E-state index in [4.69, 9.17) is 11.6 Å². The molecule has 0 aliphatic heterocycles. The van der Waals surface area contributed by atoms with Crippen molar-refractivity contribution in [3.63, 3.8) is 0 Å². The van der Waals surface area contributed by atoms with Crippen LogP contribution >= 0.6 is 23.4 Å². The number of rotatable bonds is 7. The van der Waals surface area contributed by atoms with Gasteiger partial charge in [-0.3, -0.25) is 0 Å².